The molecule has 0 radical (unpaired) electrons. The molecule has 1 unspecified atom stereocenters. The Morgan fingerprint density at radius 3 is 2.82 bits per heavy atom. The summed E-state index contributed by atoms with van der Waals surface area (Å²) in [4.78, 5) is 12.2. The number of amides is 1. The van der Waals surface area contributed by atoms with Crippen LogP contribution in [0.4, 0.5) is 0 Å². The fourth-order valence-corrected chi connectivity index (χ4v) is 1.69. The molecule has 0 fully saturated rings. The van der Waals surface area contributed by atoms with Crippen molar-refractivity contribution >= 4 is 57.3 Å². The number of carbonyl (C=O) groups is 1. The Morgan fingerprint density at radius 2 is 2.29 bits per heavy atom. The lowest BCUT2D eigenvalue weighted by Gasteiger charge is -2.11. The van der Waals surface area contributed by atoms with Gasteiger partial charge in [0.2, 0.25) is 0 Å². The number of hydrogen-bond donors (Lipinski definition) is 2. The van der Waals surface area contributed by atoms with E-state index >= 15 is 0 Å². The van der Waals surface area contributed by atoms with Crippen LogP contribution in [0.15, 0.2) is 18.2 Å². The SMILES string of the molecule is CC(CNC(=O)c1ccc(I)c(Cl)c1)C(N)=S. The Hall–Kier alpha value is -0.400. The van der Waals surface area contributed by atoms with Crippen molar-refractivity contribution in [3.05, 3.63) is 32.4 Å². The molecule has 0 heterocycles. The van der Waals surface area contributed by atoms with Crippen LogP contribution in [0.25, 0.3) is 0 Å². The van der Waals surface area contributed by atoms with Gasteiger partial charge in [0.25, 0.3) is 5.91 Å². The minimum Gasteiger partial charge on any atom is -0.393 e. The van der Waals surface area contributed by atoms with E-state index in [9.17, 15) is 4.79 Å². The first-order chi connectivity index (χ1) is 7.91. The van der Waals surface area contributed by atoms with Crippen molar-refractivity contribution < 1.29 is 4.79 Å². The molecule has 1 atom stereocenters. The monoisotopic (exact) mass is 382 g/mol. The van der Waals surface area contributed by atoms with Gasteiger partial charge in [0.15, 0.2) is 0 Å². The van der Waals surface area contributed by atoms with Crippen molar-refractivity contribution in [2.24, 2.45) is 11.7 Å². The minimum absolute atomic E-state index is 0.0201. The summed E-state index contributed by atoms with van der Waals surface area (Å²) >= 11 is 12.9. The summed E-state index contributed by atoms with van der Waals surface area (Å²) in [6, 6.07) is 5.17. The molecule has 3 nitrogen and oxygen atoms in total. The van der Waals surface area contributed by atoms with Gasteiger partial charge in [-0.1, -0.05) is 30.7 Å². The Balaban J connectivity index is 2.64. The van der Waals surface area contributed by atoms with E-state index in [0.717, 1.165) is 3.57 Å². The van der Waals surface area contributed by atoms with E-state index in [-0.39, 0.29) is 11.8 Å². The number of benzene rings is 1. The van der Waals surface area contributed by atoms with Crippen molar-refractivity contribution in [1.29, 1.82) is 0 Å². The maximum Gasteiger partial charge on any atom is 0.251 e. The summed E-state index contributed by atoms with van der Waals surface area (Å²) in [7, 11) is 0. The highest BCUT2D eigenvalue weighted by Gasteiger charge is 2.10. The normalized spacial score (nSPS) is 11.9. The summed E-state index contributed by atoms with van der Waals surface area (Å²) in [5.41, 5.74) is 6.00. The number of rotatable bonds is 4. The average Bonchev–Trinajstić information content (AvgIpc) is 2.28. The van der Waals surface area contributed by atoms with Gasteiger partial charge in [0.05, 0.1) is 10.0 Å². The summed E-state index contributed by atoms with van der Waals surface area (Å²) in [5, 5.41) is 3.33. The summed E-state index contributed by atoms with van der Waals surface area (Å²) in [6.07, 6.45) is 0. The largest absolute Gasteiger partial charge is 0.393 e. The zero-order valence-electron chi connectivity index (χ0n) is 9.17. The molecule has 0 spiro atoms. The van der Waals surface area contributed by atoms with Gasteiger partial charge in [0.1, 0.15) is 0 Å². The number of halogens is 2. The van der Waals surface area contributed by atoms with E-state index in [1.807, 2.05) is 6.92 Å². The van der Waals surface area contributed by atoms with Gasteiger partial charge in [-0.25, -0.2) is 0 Å². The molecule has 0 aromatic heterocycles. The van der Waals surface area contributed by atoms with Crippen LogP contribution in [0.5, 0.6) is 0 Å². The molecule has 0 bridgehead atoms. The number of carbonyl (C=O) groups excluding carboxylic acids is 1. The lowest BCUT2D eigenvalue weighted by molar-refractivity contribution is 0.0951. The predicted octanol–water partition coefficient (Wildman–Crippen LogP) is 2.60. The second-order valence-electron chi connectivity index (χ2n) is 3.64. The van der Waals surface area contributed by atoms with E-state index in [1.54, 1.807) is 18.2 Å². The van der Waals surface area contributed by atoms with Crippen molar-refractivity contribution in [3.8, 4) is 0 Å². The number of nitrogens with two attached hydrogens (primary N) is 1. The van der Waals surface area contributed by atoms with Crippen molar-refractivity contribution in [2.45, 2.75) is 6.92 Å². The maximum absolute atomic E-state index is 11.8. The third-order valence-electron chi connectivity index (χ3n) is 2.24. The Bertz CT molecular complexity index is 453. The van der Waals surface area contributed by atoms with E-state index in [2.05, 4.69) is 27.9 Å². The zero-order valence-corrected chi connectivity index (χ0v) is 12.9. The average molecular weight is 383 g/mol. The van der Waals surface area contributed by atoms with E-state index < -0.39 is 0 Å². The summed E-state index contributed by atoms with van der Waals surface area (Å²) in [5.74, 6) is -0.195. The lowest BCUT2D eigenvalue weighted by atomic mass is 10.1. The van der Waals surface area contributed by atoms with Crippen molar-refractivity contribution in [1.82, 2.24) is 5.32 Å². The van der Waals surface area contributed by atoms with Crippen LogP contribution < -0.4 is 11.1 Å². The molecular formula is C11H12ClIN2OS. The quantitative estimate of drug-likeness (QED) is 0.622. The molecule has 0 aliphatic heterocycles. The standard InChI is InChI=1S/C11H12ClIN2OS/c1-6(10(14)17)5-15-11(16)7-2-3-9(13)8(12)4-7/h2-4,6H,5H2,1H3,(H2,14,17)(H,15,16). The van der Waals surface area contributed by atoms with Crippen LogP contribution >= 0.6 is 46.4 Å². The highest BCUT2D eigenvalue weighted by molar-refractivity contribution is 14.1. The Kier molecular flexibility index (Phi) is 5.61. The molecule has 1 aromatic carbocycles. The van der Waals surface area contributed by atoms with Crippen molar-refractivity contribution in [2.75, 3.05) is 6.54 Å². The molecule has 3 N–H and O–H groups in total. The van der Waals surface area contributed by atoms with E-state index in [4.69, 9.17) is 29.6 Å². The van der Waals surface area contributed by atoms with Gasteiger partial charge in [-0.15, -0.1) is 0 Å². The smallest absolute Gasteiger partial charge is 0.251 e. The van der Waals surface area contributed by atoms with Crippen LogP contribution in [0.3, 0.4) is 0 Å². The molecule has 1 amide bonds. The van der Waals surface area contributed by atoms with Gasteiger partial charge in [-0.2, -0.15) is 0 Å². The fraction of sp³-hybridized carbons (Fsp3) is 0.273. The molecule has 1 rings (SSSR count). The third-order valence-corrected chi connectivity index (χ3v) is 4.21. The predicted molar refractivity (Wildman–Crippen MR) is 82.5 cm³/mol. The lowest BCUT2D eigenvalue weighted by Crippen LogP contribution is -2.33. The molecular weight excluding hydrogens is 371 g/mol. The highest BCUT2D eigenvalue weighted by Crippen LogP contribution is 2.19. The van der Waals surface area contributed by atoms with Crippen LogP contribution in [-0.2, 0) is 0 Å². The molecule has 0 aliphatic carbocycles. The fourth-order valence-electron chi connectivity index (χ4n) is 1.09. The highest BCUT2D eigenvalue weighted by atomic mass is 127. The topological polar surface area (TPSA) is 55.1 Å². The minimum atomic E-state index is -0.175. The van der Waals surface area contributed by atoms with Gasteiger partial charge in [0, 0.05) is 21.6 Å². The molecule has 1 aromatic rings. The van der Waals surface area contributed by atoms with Crippen molar-refractivity contribution in [3.63, 3.8) is 0 Å². The van der Waals surface area contributed by atoms with Crippen LogP contribution in [0, 0.1) is 9.49 Å². The summed E-state index contributed by atoms with van der Waals surface area (Å²) in [6.45, 7) is 2.29. The van der Waals surface area contributed by atoms with Crippen LogP contribution in [0.2, 0.25) is 5.02 Å². The number of thiocarbonyl (C=S) groups is 1. The molecule has 92 valence electrons. The Morgan fingerprint density at radius 1 is 1.65 bits per heavy atom. The second-order valence-corrected chi connectivity index (χ2v) is 5.68. The van der Waals surface area contributed by atoms with Gasteiger partial charge >= 0.3 is 0 Å². The first-order valence-electron chi connectivity index (χ1n) is 4.94. The van der Waals surface area contributed by atoms with Gasteiger partial charge < -0.3 is 11.1 Å². The Labute approximate surface area is 124 Å². The first-order valence-corrected chi connectivity index (χ1v) is 6.81. The van der Waals surface area contributed by atoms with Gasteiger partial charge in [-0.3, -0.25) is 4.79 Å². The molecule has 6 heteroatoms. The maximum atomic E-state index is 11.8. The first kappa shape index (κ1) is 14.7. The van der Waals surface area contributed by atoms with E-state index in [0.29, 0.717) is 22.1 Å². The zero-order chi connectivity index (χ0) is 13.0. The summed E-state index contributed by atoms with van der Waals surface area (Å²) < 4.78 is 0.914. The number of hydrogen-bond acceptors (Lipinski definition) is 2. The third kappa shape index (κ3) is 4.40. The molecule has 17 heavy (non-hydrogen) atoms. The molecule has 0 saturated heterocycles. The second kappa shape index (κ2) is 6.51. The molecule has 0 aliphatic rings. The molecule has 0 saturated carbocycles. The van der Waals surface area contributed by atoms with Gasteiger partial charge in [-0.05, 0) is 40.8 Å². The van der Waals surface area contributed by atoms with Crippen LogP contribution in [0.1, 0.15) is 17.3 Å². The van der Waals surface area contributed by atoms with Crippen LogP contribution in [-0.4, -0.2) is 17.4 Å². The van der Waals surface area contributed by atoms with E-state index in [1.165, 1.54) is 0 Å². The number of nitrogens with one attached hydrogen (secondary N) is 1.